The third-order valence-corrected chi connectivity index (χ3v) is 4.25. The van der Waals surface area contributed by atoms with Crippen LogP contribution in [0, 0.1) is 0 Å². The van der Waals surface area contributed by atoms with Gasteiger partial charge in [0, 0.05) is 24.3 Å². The van der Waals surface area contributed by atoms with Crippen LogP contribution in [-0.4, -0.2) is 42.7 Å². The van der Waals surface area contributed by atoms with Gasteiger partial charge in [0.2, 0.25) is 0 Å². The zero-order valence-corrected chi connectivity index (χ0v) is 13.3. The quantitative estimate of drug-likeness (QED) is 0.893. The molecule has 1 aromatic carbocycles. The van der Waals surface area contributed by atoms with Gasteiger partial charge >= 0.3 is 12.1 Å². The molecule has 4 nitrogen and oxygen atoms in total. The number of halogens is 3. The van der Waals surface area contributed by atoms with E-state index in [0.29, 0.717) is 18.6 Å². The fourth-order valence-corrected chi connectivity index (χ4v) is 2.70. The second kappa shape index (κ2) is 7.31. The third kappa shape index (κ3) is 5.21. The van der Waals surface area contributed by atoms with Gasteiger partial charge in [0.1, 0.15) is 0 Å². The SMILES string of the molecule is CC1CC(NCc2cccc(NC(=O)C(F)(F)F)c2)CCN1C. The summed E-state index contributed by atoms with van der Waals surface area (Å²) < 4.78 is 36.8. The van der Waals surface area contributed by atoms with E-state index in [1.165, 1.54) is 6.07 Å². The Morgan fingerprint density at radius 2 is 2.13 bits per heavy atom. The molecular formula is C16H22F3N3O. The molecule has 23 heavy (non-hydrogen) atoms. The lowest BCUT2D eigenvalue weighted by Crippen LogP contribution is -2.45. The highest BCUT2D eigenvalue weighted by Gasteiger charge is 2.38. The van der Waals surface area contributed by atoms with E-state index in [1.807, 2.05) is 11.4 Å². The number of anilines is 1. The van der Waals surface area contributed by atoms with E-state index < -0.39 is 12.1 Å². The van der Waals surface area contributed by atoms with Crippen molar-refractivity contribution >= 4 is 11.6 Å². The minimum Gasteiger partial charge on any atom is -0.318 e. The summed E-state index contributed by atoms with van der Waals surface area (Å²) in [6.45, 7) is 3.78. The Balaban J connectivity index is 1.89. The van der Waals surface area contributed by atoms with Crippen molar-refractivity contribution in [1.82, 2.24) is 10.2 Å². The Morgan fingerprint density at radius 1 is 1.39 bits per heavy atom. The van der Waals surface area contributed by atoms with Gasteiger partial charge in [-0.2, -0.15) is 13.2 Å². The molecule has 1 aliphatic heterocycles. The van der Waals surface area contributed by atoms with Crippen LogP contribution in [0.25, 0.3) is 0 Å². The Morgan fingerprint density at radius 3 is 2.78 bits per heavy atom. The van der Waals surface area contributed by atoms with Crippen LogP contribution in [0.2, 0.25) is 0 Å². The Hall–Kier alpha value is -1.60. The number of benzene rings is 1. The molecule has 1 aliphatic rings. The summed E-state index contributed by atoms with van der Waals surface area (Å²) in [5, 5.41) is 5.31. The first-order chi connectivity index (χ1) is 10.8. The van der Waals surface area contributed by atoms with Crippen molar-refractivity contribution in [3.8, 4) is 0 Å². The largest absolute Gasteiger partial charge is 0.471 e. The Bertz CT molecular complexity index is 548. The normalized spacial score (nSPS) is 22.8. The number of rotatable bonds is 4. The fraction of sp³-hybridized carbons (Fsp3) is 0.562. The molecule has 0 spiro atoms. The summed E-state index contributed by atoms with van der Waals surface area (Å²) in [6.07, 6.45) is -2.79. The molecule has 2 rings (SSSR count). The molecule has 1 amide bonds. The van der Waals surface area contributed by atoms with Crippen molar-refractivity contribution in [2.24, 2.45) is 0 Å². The number of nitrogens with zero attached hydrogens (tertiary/aromatic N) is 1. The molecular weight excluding hydrogens is 307 g/mol. The molecule has 1 aromatic rings. The Labute approximate surface area is 134 Å². The maximum absolute atomic E-state index is 12.3. The van der Waals surface area contributed by atoms with Gasteiger partial charge in [-0.3, -0.25) is 4.79 Å². The second-order valence-electron chi connectivity index (χ2n) is 6.08. The maximum Gasteiger partial charge on any atom is 0.471 e. The monoisotopic (exact) mass is 329 g/mol. The third-order valence-electron chi connectivity index (χ3n) is 4.25. The molecule has 1 heterocycles. The molecule has 1 saturated heterocycles. The summed E-state index contributed by atoms with van der Waals surface area (Å²) in [5.41, 5.74) is 1.000. The minimum absolute atomic E-state index is 0.156. The number of hydrogen-bond donors (Lipinski definition) is 2. The zero-order chi connectivity index (χ0) is 17.0. The Kier molecular flexibility index (Phi) is 5.64. The number of carbonyl (C=O) groups excluding carboxylic acids is 1. The standard InChI is InChI=1S/C16H22F3N3O/c1-11-8-13(6-7-22(11)2)20-10-12-4-3-5-14(9-12)21-15(23)16(17,18)19/h3-5,9,11,13,20H,6-8,10H2,1-2H3,(H,21,23). The highest BCUT2D eigenvalue weighted by atomic mass is 19.4. The smallest absolute Gasteiger partial charge is 0.318 e. The topological polar surface area (TPSA) is 44.4 Å². The minimum atomic E-state index is -4.88. The summed E-state index contributed by atoms with van der Waals surface area (Å²) in [4.78, 5) is 13.3. The lowest BCUT2D eigenvalue weighted by atomic mass is 9.98. The van der Waals surface area contributed by atoms with Crippen LogP contribution in [0.4, 0.5) is 18.9 Å². The number of hydrogen-bond acceptors (Lipinski definition) is 3. The van der Waals surface area contributed by atoms with Crippen molar-refractivity contribution in [3.63, 3.8) is 0 Å². The molecule has 128 valence electrons. The van der Waals surface area contributed by atoms with Gasteiger partial charge < -0.3 is 15.5 Å². The number of piperidine rings is 1. The molecule has 0 aliphatic carbocycles. The molecule has 2 N–H and O–H groups in total. The average Bonchev–Trinajstić information content (AvgIpc) is 2.48. The van der Waals surface area contributed by atoms with Crippen molar-refractivity contribution in [2.75, 3.05) is 18.9 Å². The van der Waals surface area contributed by atoms with Gasteiger partial charge in [0.25, 0.3) is 0 Å². The highest BCUT2D eigenvalue weighted by Crippen LogP contribution is 2.20. The maximum atomic E-state index is 12.3. The van der Waals surface area contributed by atoms with Gasteiger partial charge in [-0.25, -0.2) is 0 Å². The first-order valence-electron chi connectivity index (χ1n) is 7.66. The van der Waals surface area contributed by atoms with Gasteiger partial charge in [0.05, 0.1) is 0 Å². The number of likely N-dealkylation sites (tertiary alicyclic amines) is 1. The molecule has 7 heteroatoms. The van der Waals surface area contributed by atoms with Crippen molar-refractivity contribution in [3.05, 3.63) is 29.8 Å². The molecule has 2 atom stereocenters. The summed E-state index contributed by atoms with van der Waals surface area (Å²) >= 11 is 0. The first-order valence-corrected chi connectivity index (χ1v) is 7.66. The van der Waals surface area contributed by atoms with Crippen LogP contribution >= 0.6 is 0 Å². The van der Waals surface area contributed by atoms with Crippen LogP contribution in [0.15, 0.2) is 24.3 Å². The number of alkyl halides is 3. The van der Waals surface area contributed by atoms with E-state index in [4.69, 9.17) is 0 Å². The summed E-state index contributed by atoms with van der Waals surface area (Å²) in [6, 6.07) is 7.39. The van der Waals surface area contributed by atoms with E-state index in [9.17, 15) is 18.0 Å². The second-order valence-corrected chi connectivity index (χ2v) is 6.08. The van der Waals surface area contributed by atoms with Gasteiger partial charge in [-0.05, 0) is 51.1 Å². The summed E-state index contributed by atoms with van der Waals surface area (Å²) in [5.74, 6) is -1.95. The van der Waals surface area contributed by atoms with Crippen LogP contribution < -0.4 is 10.6 Å². The number of carbonyl (C=O) groups is 1. The van der Waals surface area contributed by atoms with Crippen LogP contribution in [0.1, 0.15) is 25.3 Å². The van der Waals surface area contributed by atoms with Crippen LogP contribution in [-0.2, 0) is 11.3 Å². The predicted octanol–water partition coefficient (Wildman–Crippen LogP) is 2.76. The highest BCUT2D eigenvalue weighted by molar-refractivity contribution is 5.94. The van der Waals surface area contributed by atoms with E-state index >= 15 is 0 Å². The van der Waals surface area contributed by atoms with E-state index in [1.54, 1.807) is 12.1 Å². The average molecular weight is 329 g/mol. The van der Waals surface area contributed by atoms with Crippen molar-refractivity contribution < 1.29 is 18.0 Å². The molecule has 0 aromatic heterocycles. The number of amides is 1. The molecule has 2 unspecified atom stereocenters. The first kappa shape index (κ1) is 17.7. The van der Waals surface area contributed by atoms with Gasteiger partial charge in [0.15, 0.2) is 0 Å². The van der Waals surface area contributed by atoms with E-state index in [-0.39, 0.29) is 5.69 Å². The van der Waals surface area contributed by atoms with E-state index in [0.717, 1.165) is 24.9 Å². The molecule has 0 bridgehead atoms. The lowest BCUT2D eigenvalue weighted by Gasteiger charge is -2.35. The van der Waals surface area contributed by atoms with E-state index in [2.05, 4.69) is 24.2 Å². The predicted molar refractivity (Wildman–Crippen MR) is 83.1 cm³/mol. The van der Waals surface area contributed by atoms with Crippen molar-refractivity contribution in [1.29, 1.82) is 0 Å². The number of nitrogens with one attached hydrogen (secondary N) is 2. The zero-order valence-electron chi connectivity index (χ0n) is 13.3. The van der Waals surface area contributed by atoms with Crippen LogP contribution in [0.3, 0.4) is 0 Å². The fourth-order valence-electron chi connectivity index (χ4n) is 2.70. The van der Waals surface area contributed by atoms with Crippen molar-refractivity contribution in [2.45, 2.75) is 44.6 Å². The van der Waals surface area contributed by atoms with Crippen LogP contribution in [0.5, 0.6) is 0 Å². The van der Waals surface area contributed by atoms with Gasteiger partial charge in [-0.1, -0.05) is 12.1 Å². The summed E-state index contributed by atoms with van der Waals surface area (Å²) in [7, 11) is 2.10. The van der Waals surface area contributed by atoms with Gasteiger partial charge in [-0.15, -0.1) is 0 Å². The molecule has 0 saturated carbocycles. The molecule has 0 radical (unpaired) electrons. The molecule has 1 fully saturated rings. The lowest BCUT2D eigenvalue weighted by molar-refractivity contribution is -0.167.